The van der Waals surface area contributed by atoms with Crippen LogP contribution in [0.3, 0.4) is 0 Å². The number of amides is 1. The van der Waals surface area contributed by atoms with E-state index in [9.17, 15) is 9.59 Å². The molecule has 6 heteroatoms. The summed E-state index contributed by atoms with van der Waals surface area (Å²) < 4.78 is 5.00. The van der Waals surface area contributed by atoms with Gasteiger partial charge in [0.05, 0.1) is 12.7 Å². The molecule has 1 aromatic carbocycles. The van der Waals surface area contributed by atoms with Gasteiger partial charge >= 0.3 is 5.97 Å². The van der Waals surface area contributed by atoms with Crippen LogP contribution in [0.25, 0.3) is 0 Å². The molecule has 0 aliphatic heterocycles. The summed E-state index contributed by atoms with van der Waals surface area (Å²) in [5, 5.41) is 11.5. The summed E-state index contributed by atoms with van der Waals surface area (Å²) in [5.74, 6) is -0.818. The molecule has 0 aliphatic rings. The molecule has 1 aromatic heterocycles. The number of aromatic carboxylic acids is 1. The second kappa shape index (κ2) is 6.51. The highest BCUT2D eigenvalue weighted by atomic mass is 16.5. The number of nitrogens with one attached hydrogen (secondary N) is 1. The van der Waals surface area contributed by atoms with Gasteiger partial charge in [0.1, 0.15) is 0 Å². The first-order valence-electron chi connectivity index (χ1n) is 6.20. The van der Waals surface area contributed by atoms with Crippen molar-refractivity contribution in [2.75, 3.05) is 7.11 Å². The van der Waals surface area contributed by atoms with Gasteiger partial charge in [-0.2, -0.15) is 0 Å². The molecular weight excluding hydrogens is 272 g/mol. The second-order valence-electron chi connectivity index (χ2n) is 4.27. The van der Waals surface area contributed by atoms with Gasteiger partial charge in [0.2, 0.25) is 5.88 Å². The van der Waals surface area contributed by atoms with E-state index in [-0.39, 0.29) is 11.5 Å². The van der Waals surface area contributed by atoms with E-state index in [1.165, 1.54) is 31.4 Å². The summed E-state index contributed by atoms with van der Waals surface area (Å²) in [5.41, 5.74) is 1.41. The summed E-state index contributed by atoms with van der Waals surface area (Å²) in [4.78, 5) is 26.7. The Balaban J connectivity index is 1.99. The molecule has 2 rings (SSSR count). The van der Waals surface area contributed by atoms with Gasteiger partial charge in [0.25, 0.3) is 5.91 Å². The van der Waals surface area contributed by atoms with Crippen LogP contribution < -0.4 is 10.1 Å². The Bertz CT molecular complexity index is 653. The number of ether oxygens (including phenoxy) is 1. The second-order valence-corrected chi connectivity index (χ2v) is 4.27. The van der Waals surface area contributed by atoms with E-state index in [4.69, 9.17) is 9.84 Å². The molecule has 0 unspecified atom stereocenters. The number of carboxylic acid groups (broad SMARTS) is 1. The number of carbonyl (C=O) groups is 2. The lowest BCUT2D eigenvalue weighted by Crippen LogP contribution is -2.22. The van der Waals surface area contributed by atoms with Crippen molar-refractivity contribution in [1.29, 1.82) is 0 Å². The quantitative estimate of drug-likeness (QED) is 0.873. The maximum Gasteiger partial charge on any atom is 0.335 e. The van der Waals surface area contributed by atoms with Gasteiger partial charge in [-0.1, -0.05) is 0 Å². The van der Waals surface area contributed by atoms with E-state index in [0.717, 1.165) is 5.56 Å². The predicted molar refractivity (Wildman–Crippen MR) is 75.4 cm³/mol. The lowest BCUT2D eigenvalue weighted by Gasteiger charge is -2.06. The number of carboxylic acids is 1. The molecule has 0 bridgehead atoms. The topological polar surface area (TPSA) is 88.5 Å². The molecule has 0 atom stereocenters. The zero-order valence-corrected chi connectivity index (χ0v) is 11.4. The van der Waals surface area contributed by atoms with Crippen LogP contribution in [0, 0.1) is 0 Å². The molecule has 1 heterocycles. The molecule has 21 heavy (non-hydrogen) atoms. The van der Waals surface area contributed by atoms with E-state index >= 15 is 0 Å². The minimum atomic E-state index is -1.02. The van der Waals surface area contributed by atoms with Gasteiger partial charge in [-0.15, -0.1) is 0 Å². The van der Waals surface area contributed by atoms with Crippen LogP contribution in [0.5, 0.6) is 5.88 Å². The normalized spacial score (nSPS) is 9.95. The molecule has 0 spiro atoms. The van der Waals surface area contributed by atoms with Gasteiger partial charge in [-0.3, -0.25) is 4.79 Å². The third kappa shape index (κ3) is 3.79. The number of hydrogen-bond donors (Lipinski definition) is 2. The van der Waals surface area contributed by atoms with Crippen LogP contribution in [0.1, 0.15) is 26.3 Å². The average Bonchev–Trinajstić information content (AvgIpc) is 2.53. The summed E-state index contributed by atoms with van der Waals surface area (Å²) in [6.45, 7) is 0.332. The summed E-state index contributed by atoms with van der Waals surface area (Å²) in [6, 6.07) is 9.25. The molecule has 0 aliphatic carbocycles. The number of methoxy groups -OCH3 is 1. The van der Waals surface area contributed by atoms with E-state index in [0.29, 0.717) is 18.0 Å². The maximum absolute atomic E-state index is 11.9. The third-order valence-corrected chi connectivity index (χ3v) is 2.86. The van der Waals surface area contributed by atoms with E-state index in [2.05, 4.69) is 10.3 Å². The van der Waals surface area contributed by atoms with Crippen molar-refractivity contribution in [1.82, 2.24) is 10.3 Å². The Hall–Kier alpha value is -2.89. The fraction of sp³-hybridized carbons (Fsp3) is 0.133. The van der Waals surface area contributed by atoms with E-state index < -0.39 is 5.97 Å². The molecule has 6 nitrogen and oxygen atoms in total. The molecule has 0 radical (unpaired) electrons. The SMILES string of the molecule is COc1cc(CNC(=O)c2ccc(C(=O)O)cc2)ccn1. The first-order valence-corrected chi connectivity index (χ1v) is 6.20. The van der Waals surface area contributed by atoms with Crippen molar-refractivity contribution < 1.29 is 19.4 Å². The lowest BCUT2D eigenvalue weighted by atomic mass is 10.1. The first kappa shape index (κ1) is 14.5. The third-order valence-electron chi connectivity index (χ3n) is 2.86. The van der Waals surface area contributed by atoms with Crippen LogP contribution >= 0.6 is 0 Å². The van der Waals surface area contributed by atoms with E-state index in [1.807, 2.05) is 0 Å². The van der Waals surface area contributed by atoms with Crippen LogP contribution in [-0.2, 0) is 6.54 Å². The molecular formula is C15H14N2O4. The number of carbonyl (C=O) groups excluding carboxylic acids is 1. The van der Waals surface area contributed by atoms with Gasteiger partial charge in [0, 0.05) is 24.4 Å². The van der Waals surface area contributed by atoms with Crippen molar-refractivity contribution in [3.8, 4) is 5.88 Å². The van der Waals surface area contributed by atoms with Crippen molar-refractivity contribution >= 4 is 11.9 Å². The van der Waals surface area contributed by atoms with Crippen LogP contribution in [0.4, 0.5) is 0 Å². The van der Waals surface area contributed by atoms with Crippen molar-refractivity contribution in [2.45, 2.75) is 6.54 Å². The smallest absolute Gasteiger partial charge is 0.335 e. The Morgan fingerprint density at radius 3 is 2.48 bits per heavy atom. The number of rotatable bonds is 5. The molecule has 108 valence electrons. The van der Waals surface area contributed by atoms with Crippen LogP contribution in [0.15, 0.2) is 42.6 Å². The Labute approximate surface area is 121 Å². The number of benzene rings is 1. The fourth-order valence-corrected chi connectivity index (χ4v) is 1.72. The van der Waals surface area contributed by atoms with Crippen molar-refractivity contribution in [3.05, 3.63) is 59.3 Å². The van der Waals surface area contributed by atoms with Crippen molar-refractivity contribution in [3.63, 3.8) is 0 Å². The fourth-order valence-electron chi connectivity index (χ4n) is 1.72. The number of hydrogen-bond acceptors (Lipinski definition) is 4. The summed E-state index contributed by atoms with van der Waals surface area (Å²) in [7, 11) is 1.52. The predicted octanol–water partition coefficient (Wildman–Crippen LogP) is 1.72. The largest absolute Gasteiger partial charge is 0.481 e. The van der Waals surface area contributed by atoms with Crippen molar-refractivity contribution in [2.24, 2.45) is 0 Å². The Morgan fingerprint density at radius 2 is 1.86 bits per heavy atom. The highest BCUT2D eigenvalue weighted by molar-refractivity contribution is 5.95. The molecule has 2 aromatic rings. The van der Waals surface area contributed by atoms with Crippen LogP contribution in [0.2, 0.25) is 0 Å². The minimum absolute atomic E-state index is 0.144. The standard InChI is InChI=1S/C15H14N2O4/c1-21-13-8-10(6-7-16-13)9-17-14(18)11-2-4-12(5-3-11)15(19)20/h2-8H,9H2,1H3,(H,17,18)(H,19,20). The molecule has 1 amide bonds. The monoisotopic (exact) mass is 286 g/mol. The highest BCUT2D eigenvalue weighted by Crippen LogP contribution is 2.09. The maximum atomic E-state index is 11.9. The Morgan fingerprint density at radius 1 is 1.19 bits per heavy atom. The molecule has 0 saturated carbocycles. The zero-order chi connectivity index (χ0) is 15.2. The highest BCUT2D eigenvalue weighted by Gasteiger charge is 2.08. The average molecular weight is 286 g/mol. The number of pyridine rings is 1. The molecule has 0 saturated heterocycles. The first-order chi connectivity index (χ1) is 10.1. The minimum Gasteiger partial charge on any atom is -0.481 e. The van der Waals surface area contributed by atoms with Gasteiger partial charge in [-0.25, -0.2) is 9.78 Å². The zero-order valence-electron chi connectivity index (χ0n) is 11.4. The van der Waals surface area contributed by atoms with Crippen LogP contribution in [-0.4, -0.2) is 29.1 Å². The molecule has 2 N–H and O–H groups in total. The summed E-state index contributed by atoms with van der Waals surface area (Å²) >= 11 is 0. The van der Waals surface area contributed by atoms with E-state index in [1.54, 1.807) is 18.3 Å². The summed E-state index contributed by atoms with van der Waals surface area (Å²) in [6.07, 6.45) is 1.60. The number of nitrogens with zero attached hydrogens (tertiary/aromatic N) is 1. The number of aromatic nitrogens is 1. The molecule has 0 fully saturated rings. The van der Waals surface area contributed by atoms with Gasteiger partial charge in [-0.05, 0) is 35.9 Å². The lowest BCUT2D eigenvalue weighted by molar-refractivity contribution is 0.0696. The van der Waals surface area contributed by atoms with Gasteiger partial charge < -0.3 is 15.2 Å². The Kier molecular flexibility index (Phi) is 4.50. The van der Waals surface area contributed by atoms with Gasteiger partial charge in [0.15, 0.2) is 0 Å².